The summed E-state index contributed by atoms with van der Waals surface area (Å²) >= 11 is 1.85. The highest BCUT2D eigenvalue weighted by Crippen LogP contribution is 2.36. The minimum absolute atomic E-state index is 0.0347. The van der Waals surface area contributed by atoms with E-state index in [1.54, 1.807) is 7.11 Å². The minimum Gasteiger partial charge on any atom is -0.379 e. The molecule has 0 aliphatic carbocycles. The quantitative estimate of drug-likeness (QED) is 0.356. The van der Waals surface area contributed by atoms with E-state index >= 15 is 0 Å². The van der Waals surface area contributed by atoms with Gasteiger partial charge in [0, 0.05) is 62.5 Å². The average Bonchev–Trinajstić information content (AvgIpc) is 3.60. The molecule has 8 nitrogen and oxygen atoms in total. The van der Waals surface area contributed by atoms with Crippen LogP contribution in [0.5, 0.6) is 0 Å². The Kier molecular flexibility index (Phi) is 7.21. The number of hydrogen-bond acceptors (Lipinski definition) is 8. The number of nitrogens with zero attached hydrogens (tertiary/aromatic N) is 5. The molecule has 4 aromatic rings. The van der Waals surface area contributed by atoms with Crippen molar-refractivity contribution in [2.45, 2.75) is 19.6 Å². The van der Waals surface area contributed by atoms with E-state index in [-0.39, 0.29) is 6.10 Å². The van der Waals surface area contributed by atoms with Crippen LogP contribution >= 0.6 is 11.3 Å². The molecule has 194 valence electrons. The third-order valence-electron chi connectivity index (χ3n) is 7.16. The molecular formula is C28H33N5O3S. The maximum absolute atomic E-state index is 5.64. The van der Waals surface area contributed by atoms with Crippen LogP contribution in [-0.2, 0) is 20.8 Å². The largest absolute Gasteiger partial charge is 0.379 e. The van der Waals surface area contributed by atoms with E-state index in [1.807, 2.05) is 28.3 Å². The van der Waals surface area contributed by atoms with Gasteiger partial charge in [-0.2, -0.15) is 5.10 Å². The van der Waals surface area contributed by atoms with Gasteiger partial charge in [-0.05, 0) is 30.7 Å². The smallest absolute Gasteiger partial charge is 0.156 e. The lowest BCUT2D eigenvalue weighted by Crippen LogP contribution is -2.36. The molecule has 2 aliphatic heterocycles. The maximum atomic E-state index is 5.64. The molecule has 5 heterocycles. The summed E-state index contributed by atoms with van der Waals surface area (Å²) in [6, 6.07) is 14.9. The van der Waals surface area contributed by atoms with E-state index in [4.69, 9.17) is 24.3 Å². The van der Waals surface area contributed by atoms with Gasteiger partial charge in [-0.15, -0.1) is 11.3 Å². The van der Waals surface area contributed by atoms with Gasteiger partial charge in [-0.25, -0.2) is 9.67 Å². The third kappa shape index (κ3) is 5.28. The predicted molar refractivity (Wildman–Crippen MR) is 147 cm³/mol. The van der Waals surface area contributed by atoms with Crippen molar-refractivity contribution in [2.24, 2.45) is 0 Å². The number of aromatic nitrogens is 3. The fraction of sp³-hybridized carbons (Fsp3) is 0.429. The van der Waals surface area contributed by atoms with Crippen molar-refractivity contribution in [2.75, 3.05) is 64.6 Å². The SMILES string of the molecule is CO[C@@H](C)c1cccc(-c2ccn(-c3cc(N4CCOCC4)c4sc(CN5CCOCC5)cc4n3)n2)c1. The number of methoxy groups -OCH3 is 1. The van der Waals surface area contributed by atoms with Crippen LogP contribution < -0.4 is 4.90 Å². The zero-order valence-electron chi connectivity index (χ0n) is 21.4. The Morgan fingerprint density at radius 3 is 2.57 bits per heavy atom. The standard InChI is InChI=1S/C28H33N5O3S/c1-20(34-2)21-4-3-5-22(16-21)24-6-7-33(30-24)27-18-26(32-10-14-36-15-11-32)28-25(29-27)17-23(37-28)19-31-8-12-35-13-9-31/h3-7,16-18,20H,8-15,19H2,1-2H3/t20-/m0/s1. The molecule has 0 amide bonds. The summed E-state index contributed by atoms with van der Waals surface area (Å²) in [6.07, 6.45) is 2.03. The highest BCUT2D eigenvalue weighted by Gasteiger charge is 2.20. The summed E-state index contributed by atoms with van der Waals surface area (Å²) in [6.45, 7) is 9.80. The number of thiophene rings is 1. The van der Waals surface area contributed by atoms with Gasteiger partial charge in [0.1, 0.15) is 0 Å². The van der Waals surface area contributed by atoms with Crippen molar-refractivity contribution >= 4 is 27.2 Å². The van der Waals surface area contributed by atoms with E-state index < -0.39 is 0 Å². The molecular weight excluding hydrogens is 486 g/mol. The Hall–Kier alpha value is -2.82. The molecule has 0 N–H and O–H groups in total. The fourth-order valence-electron chi connectivity index (χ4n) is 4.95. The van der Waals surface area contributed by atoms with Crippen LogP contribution in [0.2, 0.25) is 0 Å². The number of anilines is 1. The summed E-state index contributed by atoms with van der Waals surface area (Å²) < 4.78 is 19.8. The van der Waals surface area contributed by atoms with E-state index in [9.17, 15) is 0 Å². The Labute approximate surface area is 221 Å². The first kappa shape index (κ1) is 24.5. The van der Waals surface area contributed by atoms with E-state index in [0.29, 0.717) is 0 Å². The van der Waals surface area contributed by atoms with Crippen LogP contribution in [-0.4, -0.2) is 79.4 Å². The second-order valence-corrected chi connectivity index (χ2v) is 10.7. The number of pyridine rings is 1. The van der Waals surface area contributed by atoms with Crippen LogP contribution in [0.3, 0.4) is 0 Å². The average molecular weight is 520 g/mol. The highest BCUT2D eigenvalue weighted by atomic mass is 32.1. The van der Waals surface area contributed by atoms with Crippen LogP contribution in [0.4, 0.5) is 5.69 Å². The molecule has 0 unspecified atom stereocenters. The Balaban J connectivity index is 1.35. The van der Waals surface area contributed by atoms with Crippen molar-refractivity contribution in [3.63, 3.8) is 0 Å². The van der Waals surface area contributed by atoms with Crippen LogP contribution in [0.15, 0.2) is 48.7 Å². The van der Waals surface area contributed by atoms with Gasteiger partial charge in [-0.3, -0.25) is 4.90 Å². The molecule has 2 fully saturated rings. The normalized spacial score (nSPS) is 17.9. The Morgan fingerprint density at radius 2 is 1.78 bits per heavy atom. The van der Waals surface area contributed by atoms with Gasteiger partial charge in [-0.1, -0.05) is 18.2 Å². The highest BCUT2D eigenvalue weighted by molar-refractivity contribution is 7.19. The lowest BCUT2D eigenvalue weighted by molar-refractivity contribution is 0.0346. The summed E-state index contributed by atoms with van der Waals surface area (Å²) in [5, 5.41) is 4.92. The van der Waals surface area contributed by atoms with Gasteiger partial charge in [0.05, 0.1) is 54.1 Å². The molecule has 0 bridgehead atoms. The van der Waals surface area contributed by atoms with Crippen molar-refractivity contribution < 1.29 is 14.2 Å². The number of morpholine rings is 2. The first-order valence-corrected chi connectivity index (χ1v) is 13.7. The van der Waals surface area contributed by atoms with Gasteiger partial charge < -0.3 is 19.1 Å². The lowest BCUT2D eigenvalue weighted by Gasteiger charge is -2.29. The maximum Gasteiger partial charge on any atom is 0.156 e. The Morgan fingerprint density at radius 1 is 1.00 bits per heavy atom. The number of fused-ring (bicyclic) bond motifs is 1. The van der Waals surface area contributed by atoms with Gasteiger partial charge in [0.2, 0.25) is 0 Å². The number of hydrogen-bond donors (Lipinski definition) is 0. The molecule has 1 aromatic carbocycles. The van der Waals surface area contributed by atoms with Crippen LogP contribution in [0, 0.1) is 0 Å². The van der Waals surface area contributed by atoms with Gasteiger partial charge in [0.25, 0.3) is 0 Å². The summed E-state index contributed by atoms with van der Waals surface area (Å²) in [4.78, 5) is 11.3. The molecule has 0 spiro atoms. The fourth-order valence-corrected chi connectivity index (χ4v) is 6.13. The number of ether oxygens (including phenoxy) is 3. The first-order valence-electron chi connectivity index (χ1n) is 12.9. The molecule has 0 radical (unpaired) electrons. The third-order valence-corrected chi connectivity index (χ3v) is 8.29. The molecule has 9 heteroatoms. The zero-order chi connectivity index (χ0) is 25.2. The minimum atomic E-state index is 0.0347. The van der Waals surface area contributed by atoms with Gasteiger partial charge in [0.15, 0.2) is 5.82 Å². The second-order valence-electron chi connectivity index (χ2n) is 9.56. The second kappa shape index (κ2) is 10.9. The summed E-state index contributed by atoms with van der Waals surface area (Å²) in [5.74, 6) is 0.831. The topological polar surface area (TPSA) is 64.9 Å². The molecule has 1 atom stereocenters. The number of rotatable bonds is 7. The van der Waals surface area contributed by atoms with Crippen molar-refractivity contribution in [3.8, 4) is 17.1 Å². The summed E-state index contributed by atoms with van der Waals surface area (Å²) in [7, 11) is 1.73. The van der Waals surface area contributed by atoms with E-state index in [2.05, 4.69) is 53.1 Å². The van der Waals surface area contributed by atoms with E-state index in [0.717, 1.165) is 87.3 Å². The van der Waals surface area contributed by atoms with Crippen molar-refractivity contribution in [1.29, 1.82) is 0 Å². The van der Waals surface area contributed by atoms with E-state index in [1.165, 1.54) is 15.3 Å². The molecule has 2 aliphatic rings. The molecule has 3 aromatic heterocycles. The number of benzene rings is 1. The Bertz CT molecular complexity index is 1360. The molecule has 0 saturated carbocycles. The lowest BCUT2D eigenvalue weighted by atomic mass is 10.1. The first-order chi connectivity index (χ1) is 18.2. The van der Waals surface area contributed by atoms with Gasteiger partial charge >= 0.3 is 0 Å². The summed E-state index contributed by atoms with van der Waals surface area (Å²) in [5.41, 5.74) is 5.36. The monoisotopic (exact) mass is 519 g/mol. The van der Waals surface area contributed by atoms with Crippen molar-refractivity contribution in [3.05, 3.63) is 59.1 Å². The molecule has 6 rings (SSSR count). The molecule has 2 saturated heterocycles. The van der Waals surface area contributed by atoms with Crippen molar-refractivity contribution in [1.82, 2.24) is 19.7 Å². The molecule has 37 heavy (non-hydrogen) atoms. The zero-order valence-corrected chi connectivity index (χ0v) is 22.2. The van der Waals surface area contributed by atoms with Crippen LogP contribution in [0.1, 0.15) is 23.5 Å². The van der Waals surface area contributed by atoms with Crippen LogP contribution in [0.25, 0.3) is 27.3 Å². The predicted octanol–water partition coefficient (Wildman–Crippen LogP) is 4.53.